The number of Topliss-reactive ketones (excluding diaryl/α,β-unsaturated/α-hetero) is 2. The molecule has 3 aliphatic rings. The Balaban J connectivity index is 1.96. The Labute approximate surface area is 209 Å². The fourth-order valence-corrected chi connectivity index (χ4v) is 6.64. The lowest BCUT2D eigenvalue weighted by Crippen LogP contribution is -2.63. The number of aromatic hydroxyl groups is 1. The number of phenols is 1. The fourth-order valence-electron chi connectivity index (χ4n) is 5.36. The average molecular weight is 522 g/mol. The van der Waals surface area contributed by atoms with Crippen molar-refractivity contribution < 1.29 is 44.7 Å². The highest BCUT2D eigenvalue weighted by atomic mass is 32.2. The number of thioether (sulfide) groups is 1. The topological polar surface area (TPSA) is 188 Å². The third kappa shape index (κ3) is 3.46. The second-order valence-corrected chi connectivity index (χ2v) is 10.3. The van der Waals surface area contributed by atoms with E-state index in [0.717, 1.165) is 11.8 Å². The molecular formula is C23H23NO9S2. The van der Waals surface area contributed by atoms with E-state index in [-0.39, 0.29) is 15.7 Å². The lowest BCUT2D eigenvalue weighted by atomic mass is 9.55. The number of ether oxygens (including phenoxy) is 1. The van der Waals surface area contributed by atoms with Gasteiger partial charge in [0.25, 0.3) is 5.91 Å². The van der Waals surface area contributed by atoms with Gasteiger partial charge in [0.1, 0.15) is 22.8 Å². The Bertz CT molecular complexity index is 1250. The molecule has 0 bridgehead atoms. The van der Waals surface area contributed by atoms with E-state index in [9.17, 15) is 39.9 Å². The number of aliphatic hydroxyl groups is 4. The highest BCUT2D eigenvalue weighted by molar-refractivity contribution is 8.22. The van der Waals surface area contributed by atoms with E-state index >= 15 is 0 Å². The molecule has 1 aromatic rings. The number of fused-ring (bicyclic) bond motifs is 3. The van der Waals surface area contributed by atoms with Gasteiger partial charge < -0.3 is 36.0 Å². The molecule has 1 amide bonds. The number of primary amides is 1. The number of aliphatic hydroxyl groups excluding tert-OH is 3. The van der Waals surface area contributed by atoms with Crippen molar-refractivity contribution in [1.82, 2.24) is 0 Å². The molecule has 7 N–H and O–H groups in total. The first-order chi connectivity index (χ1) is 16.4. The molecule has 0 radical (unpaired) electrons. The van der Waals surface area contributed by atoms with E-state index < -0.39 is 76.0 Å². The molecule has 3 aliphatic carbocycles. The monoisotopic (exact) mass is 521 g/mol. The number of hydrogen-bond donors (Lipinski definition) is 6. The van der Waals surface area contributed by atoms with Crippen LogP contribution < -0.4 is 5.73 Å². The molecule has 5 atom stereocenters. The highest BCUT2D eigenvalue weighted by Crippen LogP contribution is 2.57. The number of carbonyl (C=O) groups is 3. The molecule has 0 aliphatic heterocycles. The minimum atomic E-state index is -2.87. The highest BCUT2D eigenvalue weighted by Gasteiger charge is 2.65. The van der Waals surface area contributed by atoms with Crippen LogP contribution in [0.15, 0.2) is 33.9 Å². The van der Waals surface area contributed by atoms with Gasteiger partial charge in [0.2, 0.25) is 10.2 Å². The first-order valence-electron chi connectivity index (χ1n) is 10.7. The molecule has 4 rings (SSSR count). The van der Waals surface area contributed by atoms with Gasteiger partial charge in [-0.2, -0.15) is 0 Å². The Hall–Kier alpha value is -2.93. The van der Waals surface area contributed by atoms with Crippen molar-refractivity contribution in [3.8, 4) is 5.75 Å². The maximum Gasteiger partial charge on any atom is 0.255 e. The van der Waals surface area contributed by atoms with Gasteiger partial charge in [-0.05, 0) is 54.5 Å². The number of hydrogen-bond acceptors (Lipinski definition) is 11. The summed E-state index contributed by atoms with van der Waals surface area (Å²) in [5.74, 6) is -9.12. The molecule has 0 unspecified atom stereocenters. The molecule has 186 valence electrons. The molecule has 1 aromatic carbocycles. The van der Waals surface area contributed by atoms with Gasteiger partial charge >= 0.3 is 0 Å². The van der Waals surface area contributed by atoms with E-state index in [1.165, 1.54) is 6.07 Å². The lowest BCUT2D eigenvalue weighted by Gasteiger charge is -2.50. The number of phenolic OH excluding ortho intramolecular Hbond substituents is 1. The van der Waals surface area contributed by atoms with Crippen LogP contribution in [0, 0.1) is 11.8 Å². The fraction of sp³-hybridized carbons (Fsp3) is 0.391. The summed E-state index contributed by atoms with van der Waals surface area (Å²) in [4.78, 5) is 38.4. The molecule has 1 saturated carbocycles. The van der Waals surface area contributed by atoms with Gasteiger partial charge in [-0.1, -0.05) is 6.92 Å². The quantitative estimate of drug-likeness (QED) is 0.191. The van der Waals surface area contributed by atoms with E-state index in [4.69, 9.17) is 22.7 Å². The summed E-state index contributed by atoms with van der Waals surface area (Å²) in [7, 11) is 0. The summed E-state index contributed by atoms with van der Waals surface area (Å²) >= 11 is 6.27. The number of rotatable bonds is 3. The second kappa shape index (κ2) is 8.63. The van der Waals surface area contributed by atoms with Crippen molar-refractivity contribution in [3.05, 3.63) is 40.2 Å². The summed E-state index contributed by atoms with van der Waals surface area (Å²) in [6.45, 7) is 3.73. The van der Waals surface area contributed by atoms with E-state index in [1.807, 2.05) is 0 Å². The van der Waals surface area contributed by atoms with Crippen LogP contribution in [0.5, 0.6) is 5.75 Å². The van der Waals surface area contributed by atoms with Crippen LogP contribution in [0.1, 0.15) is 37.3 Å². The first-order valence-corrected chi connectivity index (χ1v) is 12.0. The predicted octanol–water partition coefficient (Wildman–Crippen LogP) is 1.37. The molecule has 0 aromatic heterocycles. The van der Waals surface area contributed by atoms with Crippen LogP contribution in [-0.2, 0) is 19.1 Å². The molecule has 0 heterocycles. The van der Waals surface area contributed by atoms with Gasteiger partial charge in [0, 0.05) is 28.7 Å². The van der Waals surface area contributed by atoms with Crippen LogP contribution in [0.25, 0.3) is 5.76 Å². The summed E-state index contributed by atoms with van der Waals surface area (Å²) in [6, 6.07) is 2.85. The average Bonchev–Trinajstić information content (AvgIpc) is 2.77. The van der Waals surface area contributed by atoms with Crippen molar-refractivity contribution >= 4 is 51.6 Å². The Morgan fingerprint density at radius 1 is 1.29 bits per heavy atom. The predicted molar refractivity (Wildman–Crippen MR) is 128 cm³/mol. The molecule has 0 saturated heterocycles. The van der Waals surface area contributed by atoms with Crippen LogP contribution >= 0.6 is 24.0 Å². The van der Waals surface area contributed by atoms with Gasteiger partial charge in [0.05, 0.1) is 18.3 Å². The minimum Gasteiger partial charge on any atom is -0.508 e. The third-order valence-corrected chi connectivity index (χ3v) is 8.12. The zero-order chi connectivity index (χ0) is 26.0. The molecule has 35 heavy (non-hydrogen) atoms. The van der Waals surface area contributed by atoms with Crippen molar-refractivity contribution in [2.45, 2.75) is 42.8 Å². The summed E-state index contributed by atoms with van der Waals surface area (Å²) in [5.41, 5.74) is 1.22. The van der Waals surface area contributed by atoms with Crippen molar-refractivity contribution in [2.75, 3.05) is 6.61 Å². The number of carbonyl (C=O) groups excluding carboxylic acids is 3. The number of nitrogens with two attached hydrogens (primary N) is 1. The maximum atomic E-state index is 13.6. The maximum absolute atomic E-state index is 13.6. The minimum absolute atomic E-state index is 0.0962. The van der Waals surface area contributed by atoms with Crippen LogP contribution in [0.2, 0.25) is 0 Å². The van der Waals surface area contributed by atoms with Gasteiger partial charge in [-0.25, -0.2) is 0 Å². The second-order valence-electron chi connectivity index (χ2n) is 8.64. The summed E-state index contributed by atoms with van der Waals surface area (Å²) in [6.07, 6.45) is -2.23. The van der Waals surface area contributed by atoms with E-state index in [0.29, 0.717) is 17.1 Å². The van der Waals surface area contributed by atoms with E-state index in [2.05, 4.69) is 0 Å². The Morgan fingerprint density at radius 3 is 2.54 bits per heavy atom. The molecule has 12 heteroatoms. The van der Waals surface area contributed by atoms with Crippen molar-refractivity contribution in [1.29, 1.82) is 0 Å². The third-order valence-electron chi connectivity index (χ3n) is 6.89. The summed E-state index contributed by atoms with van der Waals surface area (Å²) < 4.78 is 5.51. The van der Waals surface area contributed by atoms with Crippen LogP contribution in [0.3, 0.4) is 0 Å². The number of thiocarbonyl (C=S) groups is 1. The van der Waals surface area contributed by atoms with Gasteiger partial charge in [-0.3, -0.25) is 14.4 Å². The smallest absolute Gasteiger partial charge is 0.255 e. The number of benzene rings is 1. The largest absolute Gasteiger partial charge is 0.508 e. The number of amides is 1. The number of ketones is 2. The lowest BCUT2D eigenvalue weighted by molar-refractivity contribution is -0.160. The normalized spacial score (nSPS) is 29.9. The zero-order valence-electron chi connectivity index (χ0n) is 18.6. The first kappa shape index (κ1) is 25.2. The van der Waals surface area contributed by atoms with Crippen molar-refractivity contribution in [2.24, 2.45) is 17.6 Å². The van der Waals surface area contributed by atoms with Crippen LogP contribution in [0.4, 0.5) is 0 Å². The molecule has 1 fully saturated rings. The molecule has 0 spiro atoms. The summed E-state index contributed by atoms with van der Waals surface area (Å²) in [5, 5.41) is 55.0. The van der Waals surface area contributed by atoms with Crippen LogP contribution in [-0.4, -0.2) is 65.7 Å². The standard InChI is InChI=1S/C23H23NO9S2/c1-3-33-22(34)35-11-5-4-9(25)14-12(11)7(2)13-16(18(14)28)20(30)23(32)8(17(13)27)6-10(26)15(19(23)29)21(24)31/h4-5,7-8,13,17,25,27-29,32H,3,6H2,1-2H3,(H2,24,31)/t7-,8-,13-,17+,23-/m1/s1. The zero-order valence-corrected chi connectivity index (χ0v) is 20.3. The van der Waals surface area contributed by atoms with Gasteiger partial charge in [-0.15, -0.1) is 0 Å². The molecular weight excluding hydrogens is 498 g/mol. The van der Waals surface area contributed by atoms with Crippen molar-refractivity contribution in [3.63, 3.8) is 0 Å². The van der Waals surface area contributed by atoms with E-state index in [1.54, 1.807) is 19.9 Å². The molecule has 10 nitrogen and oxygen atoms in total. The van der Waals surface area contributed by atoms with Gasteiger partial charge in [0.15, 0.2) is 11.4 Å². The Morgan fingerprint density at radius 2 is 1.94 bits per heavy atom. The SMILES string of the molecule is CCOC(=S)Sc1ccc(O)c2c1[C@@H](C)[C@@H]1C(=C2O)C(=O)[C@]2(O)C(O)=C(C(N)=O)C(=O)C[C@@H]2[C@@H]1O. The Kier molecular flexibility index (Phi) is 6.20.